The number of benzene rings is 2. The molecule has 0 aliphatic rings. The highest BCUT2D eigenvalue weighted by Gasteiger charge is 2.12. The third-order valence-corrected chi connectivity index (χ3v) is 4.52. The molecule has 0 aliphatic carbocycles. The van der Waals surface area contributed by atoms with Crippen molar-refractivity contribution in [1.82, 2.24) is 5.32 Å². The van der Waals surface area contributed by atoms with Crippen molar-refractivity contribution in [3.8, 4) is 5.75 Å². The molecule has 21 heavy (non-hydrogen) atoms. The second-order valence-electron chi connectivity index (χ2n) is 4.97. The van der Waals surface area contributed by atoms with Crippen LogP contribution in [-0.4, -0.2) is 13.7 Å². The first-order valence-electron chi connectivity index (χ1n) is 7.39. The highest BCUT2D eigenvalue weighted by atomic mass is 32.2. The number of para-hydroxylation sites is 1. The lowest BCUT2D eigenvalue weighted by Gasteiger charge is -2.18. The maximum absolute atomic E-state index is 5.45. The molecular formula is C18H23NOS. The van der Waals surface area contributed by atoms with Gasteiger partial charge >= 0.3 is 0 Å². The summed E-state index contributed by atoms with van der Waals surface area (Å²) in [7, 11) is 1.72. The zero-order valence-electron chi connectivity index (χ0n) is 12.9. The van der Waals surface area contributed by atoms with E-state index >= 15 is 0 Å². The Kier molecular flexibility index (Phi) is 6.15. The summed E-state index contributed by atoms with van der Waals surface area (Å²) >= 11 is 1.76. The molecule has 0 spiro atoms. The van der Waals surface area contributed by atoms with Crippen LogP contribution in [-0.2, 0) is 0 Å². The molecule has 2 aromatic rings. The normalized spacial score (nSPS) is 12.1. The maximum atomic E-state index is 5.45. The van der Waals surface area contributed by atoms with Gasteiger partial charge in [-0.15, -0.1) is 0 Å². The first-order valence-corrected chi connectivity index (χ1v) is 8.21. The number of rotatable bonds is 7. The molecule has 112 valence electrons. The number of nitrogens with one attached hydrogen (secondary N) is 1. The number of ether oxygens (including phenoxy) is 1. The Labute approximate surface area is 131 Å². The van der Waals surface area contributed by atoms with Crippen LogP contribution in [0.25, 0.3) is 0 Å². The molecule has 1 atom stereocenters. The number of hydrogen-bond donors (Lipinski definition) is 1. The molecule has 0 heterocycles. The Bertz CT molecular complexity index is 571. The Morgan fingerprint density at radius 2 is 1.71 bits per heavy atom. The van der Waals surface area contributed by atoms with E-state index in [0.29, 0.717) is 6.04 Å². The minimum absolute atomic E-state index is 0.350. The van der Waals surface area contributed by atoms with Crippen molar-refractivity contribution in [2.45, 2.75) is 36.1 Å². The van der Waals surface area contributed by atoms with E-state index in [2.05, 4.69) is 49.5 Å². The van der Waals surface area contributed by atoms with Crippen LogP contribution >= 0.6 is 11.8 Å². The van der Waals surface area contributed by atoms with Gasteiger partial charge in [0.2, 0.25) is 0 Å². The molecule has 0 saturated carbocycles. The van der Waals surface area contributed by atoms with Gasteiger partial charge in [-0.3, -0.25) is 0 Å². The quantitative estimate of drug-likeness (QED) is 0.785. The molecule has 0 aliphatic heterocycles. The molecule has 1 unspecified atom stereocenters. The molecule has 2 nitrogen and oxygen atoms in total. The highest BCUT2D eigenvalue weighted by molar-refractivity contribution is 7.99. The standard InChI is InChI=1S/C18H23NOS/c1-4-13-19-14(2)15-9-5-7-11-17(15)21-18-12-8-6-10-16(18)20-3/h5-12,14,19H,4,13H2,1-3H3. The van der Waals surface area contributed by atoms with Crippen molar-refractivity contribution < 1.29 is 4.74 Å². The first kappa shape index (κ1) is 15.9. The summed E-state index contributed by atoms with van der Waals surface area (Å²) in [6.45, 7) is 5.45. The van der Waals surface area contributed by atoms with Crippen LogP contribution in [0, 0.1) is 0 Å². The van der Waals surface area contributed by atoms with Crippen molar-refractivity contribution in [3.63, 3.8) is 0 Å². The van der Waals surface area contributed by atoms with Crippen molar-refractivity contribution in [3.05, 3.63) is 54.1 Å². The minimum Gasteiger partial charge on any atom is -0.496 e. The molecule has 0 bridgehead atoms. The van der Waals surface area contributed by atoms with Crippen LogP contribution in [0.4, 0.5) is 0 Å². The fraction of sp³-hybridized carbons (Fsp3) is 0.333. The van der Waals surface area contributed by atoms with Gasteiger partial charge in [-0.05, 0) is 43.7 Å². The summed E-state index contributed by atoms with van der Waals surface area (Å²) in [5, 5.41) is 3.56. The Hall–Kier alpha value is -1.45. The Morgan fingerprint density at radius 1 is 1.05 bits per heavy atom. The summed E-state index contributed by atoms with van der Waals surface area (Å²) in [6.07, 6.45) is 1.14. The van der Waals surface area contributed by atoms with Gasteiger partial charge in [0.1, 0.15) is 5.75 Å². The van der Waals surface area contributed by atoms with Crippen molar-refractivity contribution >= 4 is 11.8 Å². The van der Waals surface area contributed by atoms with Crippen LogP contribution < -0.4 is 10.1 Å². The average molecular weight is 301 g/mol. The van der Waals surface area contributed by atoms with Crippen molar-refractivity contribution in [2.75, 3.05) is 13.7 Å². The molecule has 2 rings (SSSR count). The zero-order valence-corrected chi connectivity index (χ0v) is 13.7. The second-order valence-corrected chi connectivity index (χ2v) is 6.05. The molecule has 0 aromatic heterocycles. The van der Waals surface area contributed by atoms with Crippen LogP contribution in [0.3, 0.4) is 0 Å². The molecule has 0 radical (unpaired) electrons. The average Bonchev–Trinajstić information content (AvgIpc) is 2.53. The lowest BCUT2D eigenvalue weighted by Crippen LogP contribution is -2.19. The molecule has 2 aromatic carbocycles. The maximum Gasteiger partial charge on any atom is 0.132 e. The number of methoxy groups -OCH3 is 1. The SMILES string of the molecule is CCCNC(C)c1ccccc1Sc1ccccc1OC. The van der Waals surface area contributed by atoms with E-state index in [1.165, 1.54) is 10.5 Å². The summed E-state index contributed by atoms with van der Waals surface area (Å²) in [5.74, 6) is 0.923. The van der Waals surface area contributed by atoms with Gasteiger partial charge in [-0.2, -0.15) is 0 Å². The van der Waals surface area contributed by atoms with Gasteiger partial charge in [0.05, 0.1) is 12.0 Å². The predicted octanol–water partition coefficient (Wildman–Crippen LogP) is 4.91. The third kappa shape index (κ3) is 4.26. The topological polar surface area (TPSA) is 21.3 Å². The molecular weight excluding hydrogens is 278 g/mol. The van der Waals surface area contributed by atoms with Crippen LogP contribution in [0.2, 0.25) is 0 Å². The van der Waals surface area contributed by atoms with Crippen LogP contribution in [0.1, 0.15) is 31.9 Å². The zero-order chi connectivity index (χ0) is 15.1. The molecule has 0 saturated heterocycles. The summed E-state index contributed by atoms with van der Waals surface area (Å²) in [5.41, 5.74) is 1.34. The lowest BCUT2D eigenvalue weighted by molar-refractivity contribution is 0.405. The third-order valence-electron chi connectivity index (χ3n) is 3.38. The van der Waals surface area contributed by atoms with Gasteiger partial charge in [-0.25, -0.2) is 0 Å². The van der Waals surface area contributed by atoms with Gasteiger partial charge in [-0.1, -0.05) is 49.0 Å². The lowest BCUT2D eigenvalue weighted by atomic mass is 10.1. The highest BCUT2D eigenvalue weighted by Crippen LogP contribution is 2.37. The van der Waals surface area contributed by atoms with E-state index in [0.717, 1.165) is 23.6 Å². The summed E-state index contributed by atoms with van der Waals surface area (Å²) in [6, 6.07) is 17.1. The largest absolute Gasteiger partial charge is 0.496 e. The predicted molar refractivity (Wildman–Crippen MR) is 90.3 cm³/mol. The smallest absolute Gasteiger partial charge is 0.132 e. The van der Waals surface area contributed by atoms with Crippen LogP contribution in [0.5, 0.6) is 5.75 Å². The van der Waals surface area contributed by atoms with Crippen LogP contribution in [0.15, 0.2) is 58.3 Å². The van der Waals surface area contributed by atoms with E-state index in [1.807, 2.05) is 18.2 Å². The Morgan fingerprint density at radius 3 is 2.43 bits per heavy atom. The second kappa shape index (κ2) is 8.11. The van der Waals surface area contributed by atoms with Gasteiger partial charge in [0, 0.05) is 10.9 Å². The van der Waals surface area contributed by atoms with Crippen molar-refractivity contribution in [1.29, 1.82) is 0 Å². The first-order chi connectivity index (χ1) is 10.3. The van der Waals surface area contributed by atoms with Gasteiger partial charge in [0.15, 0.2) is 0 Å². The fourth-order valence-corrected chi connectivity index (χ4v) is 3.37. The van der Waals surface area contributed by atoms with E-state index < -0.39 is 0 Å². The van der Waals surface area contributed by atoms with Gasteiger partial charge < -0.3 is 10.1 Å². The fourth-order valence-electron chi connectivity index (χ4n) is 2.22. The number of hydrogen-bond acceptors (Lipinski definition) is 3. The Balaban J connectivity index is 2.24. The molecule has 0 fully saturated rings. The summed E-state index contributed by atoms with van der Waals surface area (Å²) in [4.78, 5) is 2.42. The summed E-state index contributed by atoms with van der Waals surface area (Å²) < 4.78 is 5.45. The van der Waals surface area contributed by atoms with E-state index in [1.54, 1.807) is 18.9 Å². The minimum atomic E-state index is 0.350. The molecule has 0 amide bonds. The molecule has 3 heteroatoms. The van der Waals surface area contributed by atoms with E-state index in [9.17, 15) is 0 Å². The van der Waals surface area contributed by atoms with E-state index in [4.69, 9.17) is 4.74 Å². The monoisotopic (exact) mass is 301 g/mol. The van der Waals surface area contributed by atoms with Gasteiger partial charge in [0.25, 0.3) is 0 Å². The van der Waals surface area contributed by atoms with Crippen molar-refractivity contribution in [2.24, 2.45) is 0 Å². The molecule has 1 N–H and O–H groups in total. The van der Waals surface area contributed by atoms with E-state index in [-0.39, 0.29) is 0 Å².